The topological polar surface area (TPSA) is 62.8 Å². The van der Waals surface area contributed by atoms with Gasteiger partial charge in [-0.2, -0.15) is 5.10 Å². The molecule has 1 heterocycles. The maximum atomic E-state index is 13.9. The fourth-order valence-corrected chi connectivity index (χ4v) is 2.68. The molecule has 3 aromatic rings. The molecule has 24 heavy (non-hydrogen) atoms. The molecular weight excluding hydrogens is 307 g/mol. The van der Waals surface area contributed by atoms with Gasteiger partial charge < -0.3 is 0 Å². The zero-order valence-corrected chi connectivity index (χ0v) is 13.5. The van der Waals surface area contributed by atoms with Gasteiger partial charge in [0.15, 0.2) is 5.78 Å². The molecule has 0 spiro atoms. The van der Waals surface area contributed by atoms with Crippen LogP contribution in [0.2, 0.25) is 0 Å². The highest BCUT2D eigenvalue weighted by Crippen LogP contribution is 2.20. The lowest BCUT2D eigenvalue weighted by atomic mass is 9.96. The molecule has 4 nitrogen and oxygen atoms in total. The van der Waals surface area contributed by atoms with Crippen molar-refractivity contribution in [3.05, 3.63) is 75.5 Å². The number of nitrogens with zero attached hydrogens (tertiary/aromatic N) is 1. The molecular formula is C19H17FN2O2. The molecule has 1 aromatic heterocycles. The van der Waals surface area contributed by atoms with Crippen LogP contribution in [0, 0.1) is 11.7 Å². The third kappa shape index (κ3) is 2.97. The van der Waals surface area contributed by atoms with Gasteiger partial charge in [-0.05, 0) is 23.8 Å². The minimum atomic E-state index is -0.517. The van der Waals surface area contributed by atoms with Crippen LogP contribution < -0.4 is 5.56 Å². The number of aromatic nitrogens is 2. The number of hydrogen-bond acceptors (Lipinski definition) is 3. The van der Waals surface area contributed by atoms with Gasteiger partial charge in [0.25, 0.3) is 5.56 Å². The van der Waals surface area contributed by atoms with Crippen molar-refractivity contribution < 1.29 is 9.18 Å². The van der Waals surface area contributed by atoms with Crippen molar-refractivity contribution in [2.75, 3.05) is 0 Å². The van der Waals surface area contributed by atoms with E-state index in [9.17, 15) is 14.0 Å². The van der Waals surface area contributed by atoms with E-state index in [-0.39, 0.29) is 22.8 Å². The molecule has 0 saturated heterocycles. The molecule has 0 aliphatic heterocycles. The van der Waals surface area contributed by atoms with Crippen LogP contribution >= 0.6 is 0 Å². The minimum absolute atomic E-state index is 0.0937. The predicted molar refractivity (Wildman–Crippen MR) is 90.7 cm³/mol. The maximum Gasteiger partial charge on any atom is 0.272 e. The number of fused-ring (bicyclic) bond motifs is 1. The molecule has 0 unspecified atom stereocenters. The largest absolute Gasteiger partial charge is 0.294 e. The first kappa shape index (κ1) is 16.1. The SMILES string of the molecule is CC(C)C(=O)c1cc(Cc2n[nH]c(=O)c3ccccc23)ccc1F. The Morgan fingerprint density at radius 1 is 1.17 bits per heavy atom. The van der Waals surface area contributed by atoms with Crippen LogP contribution in [-0.2, 0) is 6.42 Å². The highest BCUT2D eigenvalue weighted by Gasteiger charge is 2.16. The fraction of sp³-hybridized carbons (Fsp3) is 0.211. The van der Waals surface area contributed by atoms with Gasteiger partial charge >= 0.3 is 0 Å². The monoisotopic (exact) mass is 324 g/mol. The lowest BCUT2D eigenvalue weighted by Crippen LogP contribution is -2.12. The van der Waals surface area contributed by atoms with E-state index in [0.29, 0.717) is 17.5 Å². The van der Waals surface area contributed by atoms with E-state index in [1.807, 2.05) is 12.1 Å². The molecule has 0 bridgehead atoms. The summed E-state index contributed by atoms with van der Waals surface area (Å²) in [5, 5.41) is 7.91. The van der Waals surface area contributed by atoms with Crippen LogP contribution in [0.5, 0.6) is 0 Å². The number of hydrogen-bond donors (Lipinski definition) is 1. The summed E-state index contributed by atoms with van der Waals surface area (Å²) < 4.78 is 13.9. The summed E-state index contributed by atoms with van der Waals surface area (Å²) in [4.78, 5) is 24.0. The first-order valence-corrected chi connectivity index (χ1v) is 7.76. The van der Waals surface area contributed by atoms with Crippen molar-refractivity contribution >= 4 is 16.6 Å². The summed E-state index contributed by atoms with van der Waals surface area (Å²) in [5.41, 5.74) is 1.30. The number of halogens is 1. The van der Waals surface area contributed by atoms with Crippen molar-refractivity contribution in [1.29, 1.82) is 0 Å². The molecule has 3 rings (SSSR count). The summed E-state index contributed by atoms with van der Waals surface area (Å²) in [6.07, 6.45) is 0.399. The Morgan fingerprint density at radius 3 is 2.58 bits per heavy atom. The number of benzene rings is 2. The van der Waals surface area contributed by atoms with Gasteiger partial charge in [0.1, 0.15) is 5.82 Å². The number of Topliss-reactive ketones (excluding diaryl/α,β-unsaturated/α-hetero) is 1. The molecule has 0 atom stereocenters. The van der Waals surface area contributed by atoms with Gasteiger partial charge in [-0.1, -0.05) is 38.1 Å². The molecule has 2 aromatic carbocycles. The van der Waals surface area contributed by atoms with E-state index in [1.165, 1.54) is 6.07 Å². The Kier molecular flexibility index (Phi) is 4.25. The molecule has 1 N–H and O–H groups in total. The highest BCUT2D eigenvalue weighted by atomic mass is 19.1. The van der Waals surface area contributed by atoms with Crippen LogP contribution in [0.3, 0.4) is 0 Å². The van der Waals surface area contributed by atoms with E-state index in [1.54, 1.807) is 38.1 Å². The summed E-state index contributed by atoms with van der Waals surface area (Å²) in [5.74, 6) is -1.02. The number of carbonyl (C=O) groups is 1. The Labute approximate surface area is 138 Å². The van der Waals surface area contributed by atoms with E-state index < -0.39 is 5.82 Å². The molecule has 0 amide bonds. The molecule has 0 aliphatic carbocycles. The van der Waals surface area contributed by atoms with Gasteiger partial charge in [0.05, 0.1) is 16.6 Å². The second-order valence-electron chi connectivity index (χ2n) is 6.05. The van der Waals surface area contributed by atoms with Gasteiger partial charge in [0.2, 0.25) is 0 Å². The Bertz CT molecular complexity index is 977. The van der Waals surface area contributed by atoms with Crippen LogP contribution in [0.4, 0.5) is 4.39 Å². The molecule has 0 radical (unpaired) electrons. The predicted octanol–water partition coefficient (Wildman–Crippen LogP) is 3.49. The number of ketones is 1. The fourth-order valence-electron chi connectivity index (χ4n) is 2.68. The third-order valence-corrected chi connectivity index (χ3v) is 3.97. The zero-order chi connectivity index (χ0) is 17.3. The summed E-state index contributed by atoms with van der Waals surface area (Å²) in [7, 11) is 0. The Balaban J connectivity index is 2.04. The maximum absolute atomic E-state index is 13.9. The number of H-pyrrole nitrogens is 1. The van der Waals surface area contributed by atoms with Crippen molar-refractivity contribution in [2.45, 2.75) is 20.3 Å². The zero-order valence-electron chi connectivity index (χ0n) is 13.5. The third-order valence-electron chi connectivity index (χ3n) is 3.97. The molecule has 0 aliphatic rings. The van der Waals surface area contributed by atoms with E-state index in [0.717, 1.165) is 10.9 Å². The van der Waals surface area contributed by atoms with E-state index in [2.05, 4.69) is 10.2 Å². The second kappa shape index (κ2) is 6.35. The number of rotatable bonds is 4. The van der Waals surface area contributed by atoms with E-state index >= 15 is 0 Å². The van der Waals surface area contributed by atoms with Crippen LogP contribution in [0.25, 0.3) is 10.8 Å². The minimum Gasteiger partial charge on any atom is -0.294 e. The lowest BCUT2D eigenvalue weighted by molar-refractivity contribution is 0.0935. The average Bonchev–Trinajstić information content (AvgIpc) is 2.58. The van der Waals surface area contributed by atoms with Gasteiger partial charge in [-0.3, -0.25) is 9.59 Å². The highest BCUT2D eigenvalue weighted by molar-refractivity contribution is 5.97. The van der Waals surface area contributed by atoms with Crippen molar-refractivity contribution in [3.63, 3.8) is 0 Å². The van der Waals surface area contributed by atoms with Crippen LogP contribution in [0.15, 0.2) is 47.3 Å². The van der Waals surface area contributed by atoms with Crippen LogP contribution in [-0.4, -0.2) is 16.0 Å². The summed E-state index contributed by atoms with van der Waals surface area (Å²) in [6, 6.07) is 11.7. The van der Waals surface area contributed by atoms with Crippen molar-refractivity contribution in [3.8, 4) is 0 Å². The molecule has 5 heteroatoms. The first-order chi connectivity index (χ1) is 11.5. The number of aromatic amines is 1. The molecule has 0 fully saturated rings. The summed E-state index contributed by atoms with van der Waals surface area (Å²) >= 11 is 0. The Hall–Kier alpha value is -2.82. The Morgan fingerprint density at radius 2 is 1.88 bits per heavy atom. The van der Waals surface area contributed by atoms with Gasteiger partial charge in [-0.15, -0.1) is 0 Å². The van der Waals surface area contributed by atoms with Gasteiger partial charge in [-0.25, -0.2) is 9.49 Å². The lowest BCUT2D eigenvalue weighted by Gasteiger charge is -2.09. The second-order valence-corrected chi connectivity index (χ2v) is 6.05. The molecule has 0 saturated carbocycles. The van der Waals surface area contributed by atoms with Gasteiger partial charge in [0, 0.05) is 17.7 Å². The summed E-state index contributed by atoms with van der Waals surface area (Å²) in [6.45, 7) is 3.48. The normalized spacial score (nSPS) is 11.2. The quantitative estimate of drug-likeness (QED) is 0.747. The number of carbonyl (C=O) groups excluding carboxylic acids is 1. The number of nitrogens with one attached hydrogen (secondary N) is 1. The molecule has 122 valence electrons. The smallest absolute Gasteiger partial charge is 0.272 e. The standard InChI is InChI=1S/C19H17FN2O2/c1-11(2)18(23)15-9-12(7-8-16(15)20)10-17-13-5-3-4-6-14(13)19(24)22-21-17/h3-9,11H,10H2,1-2H3,(H,22,24). The first-order valence-electron chi connectivity index (χ1n) is 7.76. The van der Waals surface area contributed by atoms with Crippen molar-refractivity contribution in [2.24, 2.45) is 5.92 Å². The average molecular weight is 324 g/mol. The van der Waals surface area contributed by atoms with Crippen LogP contribution in [0.1, 0.15) is 35.5 Å². The van der Waals surface area contributed by atoms with E-state index in [4.69, 9.17) is 0 Å². The van der Waals surface area contributed by atoms with Crippen molar-refractivity contribution in [1.82, 2.24) is 10.2 Å².